The van der Waals surface area contributed by atoms with Gasteiger partial charge >= 0.3 is 5.97 Å². The Balaban J connectivity index is 2.05. The number of nitrogens with two attached hydrogens (primary N) is 1. The number of hydrogen-bond donors (Lipinski definition) is 1. The van der Waals surface area contributed by atoms with Crippen LogP contribution in [0.15, 0.2) is 53.7 Å². The predicted octanol–water partition coefficient (Wildman–Crippen LogP) is 4.18. The minimum Gasteiger partial charge on any atom is -0.497 e. The second-order valence-electron chi connectivity index (χ2n) is 7.07. The summed E-state index contributed by atoms with van der Waals surface area (Å²) in [6, 6.07) is 15.6. The number of methoxy groups -OCH3 is 3. The second-order valence-corrected chi connectivity index (χ2v) is 8.30. The molecule has 8 nitrogen and oxygen atoms in total. The Morgan fingerprint density at radius 3 is 1.85 bits per heavy atom. The molecule has 1 heterocycles. The SMILES string of the molecule is CCSc1nc(C(=O)OC)c(N)c(N(Cc2ccc(OC)cc2)Cc2ccc(OC)cc2)n1. The van der Waals surface area contributed by atoms with Crippen molar-refractivity contribution >= 4 is 29.2 Å². The lowest BCUT2D eigenvalue weighted by molar-refractivity contribution is 0.0594. The van der Waals surface area contributed by atoms with Gasteiger partial charge in [0.05, 0.1) is 21.3 Å². The number of anilines is 2. The molecule has 3 rings (SSSR count). The first-order valence-corrected chi connectivity index (χ1v) is 11.4. The van der Waals surface area contributed by atoms with E-state index in [0.29, 0.717) is 24.1 Å². The zero-order chi connectivity index (χ0) is 23.8. The number of nitrogen functional groups attached to an aromatic ring is 1. The standard InChI is InChI=1S/C24H28N4O4S/c1-5-33-24-26-21(23(29)32-4)20(25)22(27-24)28(14-16-6-10-18(30-2)11-7-16)15-17-8-12-19(31-3)13-9-17/h6-13H,5,14-15,25H2,1-4H3. The molecule has 0 bridgehead atoms. The van der Waals surface area contributed by atoms with Crippen molar-refractivity contribution < 1.29 is 19.0 Å². The van der Waals surface area contributed by atoms with Crippen LogP contribution in [0.1, 0.15) is 28.5 Å². The Kier molecular flexibility index (Phi) is 8.37. The predicted molar refractivity (Wildman–Crippen MR) is 130 cm³/mol. The summed E-state index contributed by atoms with van der Waals surface area (Å²) < 4.78 is 15.5. The third-order valence-corrected chi connectivity index (χ3v) is 5.65. The van der Waals surface area contributed by atoms with Crippen molar-refractivity contribution in [2.75, 3.05) is 37.7 Å². The smallest absolute Gasteiger partial charge is 0.359 e. The third-order valence-electron chi connectivity index (χ3n) is 4.92. The maximum absolute atomic E-state index is 12.4. The topological polar surface area (TPSA) is 99.8 Å². The Morgan fingerprint density at radius 2 is 1.42 bits per heavy atom. The number of benzene rings is 2. The van der Waals surface area contributed by atoms with E-state index in [1.54, 1.807) is 14.2 Å². The molecule has 3 aromatic rings. The first-order valence-electron chi connectivity index (χ1n) is 10.4. The number of aromatic nitrogens is 2. The highest BCUT2D eigenvalue weighted by Gasteiger charge is 2.23. The zero-order valence-electron chi connectivity index (χ0n) is 19.2. The number of rotatable bonds is 10. The molecule has 0 aliphatic carbocycles. The number of carbonyl (C=O) groups is 1. The Morgan fingerprint density at radius 1 is 0.909 bits per heavy atom. The molecular formula is C24H28N4O4S. The van der Waals surface area contributed by atoms with Crippen LogP contribution in [0.25, 0.3) is 0 Å². The fourth-order valence-electron chi connectivity index (χ4n) is 3.23. The molecule has 0 radical (unpaired) electrons. The third kappa shape index (κ3) is 6.07. The van der Waals surface area contributed by atoms with E-state index in [-0.39, 0.29) is 11.4 Å². The van der Waals surface area contributed by atoms with E-state index in [1.807, 2.05) is 60.4 Å². The minimum absolute atomic E-state index is 0.0629. The van der Waals surface area contributed by atoms with Gasteiger partial charge in [-0.3, -0.25) is 0 Å². The van der Waals surface area contributed by atoms with Crippen LogP contribution in [-0.2, 0) is 17.8 Å². The maximum atomic E-state index is 12.4. The molecule has 0 saturated carbocycles. The average Bonchev–Trinajstić information content (AvgIpc) is 2.85. The summed E-state index contributed by atoms with van der Waals surface area (Å²) in [5, 5.41) is 0.469. The molecule has 0 unspecified atom stereocenters. The average molecular weight is 469 g/mol. The van der Waals surface area contributed by atoms with Crippen molar-refractivity contribution in [2.45, 2.75) is 25.2 Å². The van der Waals surface area contributed by atoms with Crippen molar-refractivity contribution in [1.82, 2.24) is 9.97 Å². The molecular weight excluding hydrogens is 440 g/mol. The zero-order valence-corrected chi connectivity index (χ0v) is 20.0. The van der Waals surface area contributed by atoms with E-state index in [0.717, 1.165) is 28.4 Å². The highest BCUT2D eigenvalue weighted by atomic mass is 32.2. The van der Waals surface area contributed by atoms with Crippen LogP contribution in [0.2, 0.25) is 0 Å². The molecule has 33 heavy (non-hydrogen) atoms. The largest absolute Gasteiger partial charge is 0.497 e. The van der Waals surface area contributed by atoms with Gasteiger partial charge in [-0.05, 0) is 41.1 Å². The van der Waals surface area contributed by atoms with Gasteiger partial charge in [0.25, 0.3) is 0 Å². The summed E-state index contributed by atoms with van der Waals surface area (Å²) in [6.45, 7) is 3.01. The van der Waals surface area contributed by atoms with Gasteiger partial charge in [-0.25, -0.2) is 14.8 Å². The Labute approximate surface area is 198 Å². The summed E-state index contributed by atoms with van der Waals surface area (Å²) in [4.78, 5) is 23.4. The quantitative estimate of drug-likeness (QED) is 0.267. The number of thioether (sulfide) groups is 1. The number of ether oxygens (including phenoxy) is 3. The van der Waals surface area contributed by atoms with Gasteiger partial charge in [0.15, 0.2) is 16.7 Å². The van der Waals surface area contributed by atoms with Crippen molar-refractivity contribution in [3.05, 3.63) is 65.4 Å². The van der Waals surface area contributed by atoms with Crippen molar-refractivity contribution in [2.24, 2.45) is 0 Å². The number of esters is 1. The van der Waals surface area contributed by atoms with E-state index in [2.05, 4.69) is 4.98 Å². The van der Waals surface area contributed by atoms with Crippen LogP contribution in [0.4, 0.5) is 11.5 Å². The summed E-state index contributed by atoms with van der Waals surface area (Å²) in [6.07, 6.45) is 0. The lowest BCUT2D eigenvalue weighted by Crippen LogP contribution is -2.26. The van der Waals surface area contributed by atoms with Crippen LogP contribution < -0.4 is 20.1 Å². The van der Waals surface area contributed by atoms with Crippen LogP contribution in [-0.4, -0.2) is 43.0 Å². The molecule has 2 aromatic carbocycles. The van der Waals surface area contributed by atoms with Crippen LogP contribution in [0.5, 0.6) is 11.5 Å². The molecule has 174 valence electrons. The summed E-state index contributed by atoms with van der Waals surface area (Å²) >= 11 is 1.43. The van der Waals surface area contributed by atoms with Crippen LogP contribution in [0, 0.1) is 0 Å². The summed E-state index contributed by atoms with van der Waals surface area (Å²) in [5.74, 6) is 2.19. The first kappa shape index (κ1) is 24.2. The van der Waals surface area contributed by atoms with Crippen molar-refractivity contribution in [3.8, 4) is 11.5 Å². The molecule has 0 fully saturated rings. The molecule has 1 aromatic heterocycles. The lowest BCUT2D eigenvalue weighted by atomic mass is 10.1. The van der Waals surface area contributed by atoms with Gasteiger partial charge in [0, 0.05) is 13.1 Å². The minimum atomic E-state index is -0.594. The molecule has 0 aliphatic heterocycles. The summed E-state index contributed by atoms with van der Waals surface area (Å²) in [7, 11) is 4.57. The lowest BCUT2D eigenvalue weighted by Gasteiger charge is -2.26. The van der Waals surface area contributed by atoms with E-state index in [1.165, 1.54) is 18.9 Å². The fourth-order valence-corrected chi connectivity index (χ4v) is 3.80. The van der Waals surface area contributed by atoms with Crippen molar-refractivity contribution in [1.29, 1.82) is 0 Å². The van der Waals surface area contributed by atoms with Gasteiger partial charge in [-0.1, -0.05) is 43.0 Å². The van der Waals surface area contributed by atoms with E-state index in [9.17, 15) is 4.79 Å². The summed E-state index contributed by atoms with van der Waals surface area (Å²) in [5.41, 5.74) is 8.72. The fraction of sp³-hybridized carbons (Fsp3) is 0.292. The number of nitrogens with zero attached hydrogens (tertiary/aromatic N) is 3. The number of carbonyl (C=O) groups excluding carboxylic acids is 1. The van der Waals surface area contributed by atoms with Gasteiger partial charge in [0.1, 0.15) is 17.2 Å². The normalized spacial score (nSPS) is 10.5. The number of hydrogen-bond acceptors (Lipinski definition) is 9. The van der Waals surface area contributed by atoms with Crippen molar-refractivity contribution in [3.63, 3.8) is 0 Å². The van der Waals surface area contributed by atoms with Crippen LogP contribution in [0.3, 0.4) is 0 Å². The molecule has 0 atom stereocenters. The molecule has 9 heteroatoms. The molecule has 0 saturated heterocycles. The maximum Gasteiger partial charge on any atom is 0.359 e. The van der Waals surface area contributed by atoms with E-state index < -0.39 is 5.97 Å². The molecule has 0 aliphatic rings. The second kappa shape index (κ2) is 11.4. The monoisotopic (exact) mass is 468 g/mol. The highest BCUT2D eigenvalue weighted by Crippen LogP contribution is 2.30. The molecule has 0 amide bonds. The van der Waals surface area contributed by atoms with E-state index in [4.69, 9.17) is 24.9 Å². The van der Waals surface area contributed by atoms with Gasteiger partial charge in [0.2, 0.25) is 0 Å². The Hall–Kier alpha value is -3.46. The Bertz CT molecular complexity index is 1030. The molecule has 2 N–H and O–H groups in total. The first-order chi connectivity index (χ1) is 16.0. The van der Waals surface area contributed by atoms with Crippen LogP contribution >= 0.6 is 11.8 Å². The van der Waals surface area contributed by atoms with Gasteiger partial charge in [-0.15, -0.1) is 0 Å². The van der Waals surface area contributed by atoms with E-state index >= 15 is 0 Å². The van der Waals surface area contributed by atoms with Gasteiger partial charge < -0.3 is 24.8 Å². The van der Waals surface area contributed by atoms with Gasteiger partial charge in [-0.2, -0.15) is 0 Å². The molecule has 0 spiro atoms. The highest BCUT2D eigenvalue weighted by molar-refractivity contribution is 7.99.